The summed E-state index contributed by atoms with van der Waals surface area (Å²) in [4.78, 5) is 14.5. The van der Waals surface area contributed by atoms with E-state index in [4.69, 9.17) is 11.6 Å². The summed E-state index contributed by atoms with van der Waals surface area (Å²) < 4.78 is 0. The summed E-state index contributed by atoms with van der Waals surface area (Å²) in [5.41, 5.74) is 1.67. The van der Waals surface area contributed by atoms with Crippen molar-refractivity contribution < 1.29 is 4.79 Å². The van der Waals surface area contributed by atoms with Gasteiger partial charge in [0.05, 0.1) is 0 Å². The minimum atomic E-state index is 0.0969. The molecule has 1 aromatic rings. The Morgan fingerprint density at radius 3 is 2.85 bits per heavy atom. The van der Waals surface area contributed by atoms with E-state index >= 15 is 0 Å². The van der Waals surface area contributed by atoms with Crippen molar-refractivity contribution in [2.45, 2.75) is 39.2 Å². The molecule has 0 aliphatic carbocycles. The van der Waals surface area contributed by atoms with Gasteiger partial charge in [-0.2, -0.15) is 0 Å². The predicted octanol–water partition coefficient (Wildman–Crippen LogP) is 3.25. The molecule has 1 aliphatic heterocycles. The average Bonchev–Trinajstić information content (AvgIpc) is 2.48. The maximum Gasteiger partial charge on any atom is 0.253 e. The minimum Gasteiger partial charge on any atom is -0.337 e. The molecule has 0 spiro atoms. The maximum absolute atomic E-state index is 12.6. The summed E-state index contributed by atoms with van der Waals surface area (Å²) in [7, 11) is 0. The number of nitrogens with one attached hydrogen (secondary N) is 1. The van der Waals surface area contributed by atoms with Crippen molar-refractivity contribution in [1.82, 2.24) is 10.2 Å². The standard InChI is InChI=1S/C16H23ClN2O/c1-3-19(11-14-6-4-5-9-18-14)16(20)13-7-8-15(17)12(2)10-13/h7-8,10,14,18H,3-6,9,11H2,1-2H3. The third-order valence-electron chi connectivity index (χ3n) is 3.93. The van der Waals surface area contributed by atoms with Crippen LogP contribution in [0.25, 0.3) is 0 Å². The van der Waals surface area contributed by atoms with Gasteiger partial charge in [-0.3, -0.25) is 4.79 Å². The van der Waals surface area contributed by atoms with Crippen LogP contribution >= 0.6 is 11.6 Å². The number of benzene rings is 1. The molecule has 1 fully saturated rings. The number of aryl methyl sites for hydroxylation is 1. The largest absolute Gasteiger partial charge is 0.337 e. The normalized spacial score (nSPS) is 18.9. The average molecular weight is 295 g/mol. The third kappa shape index (κ3) is 3.74. The molecule has 1 saturated heterocycles. The number of hydrogen-bond donors (Lipinski definition) is 1. The highest BCUT2D eigenvalue weighted by Gasteiger charge is 2.20. The smallest absolute Gasteiger partial charge is 0.253 e. The summed E-state index contributed by atoms with van der Waals surface area (Å²) in [6, 6.07) is 5.92. The number of amides is 1. The molecule has 1 amide bonds. The van der Waals surface area contributed by atoms with Crippen LogP contribution in [0.5, 0.6) is 0 Å². The lowest BCUT2D eigenvalue weighted by Crippen LogP contribution is -2.45. The van der Waals surface area contributed by atoms with Gasteiger partial charge < -0.3 is 10.2 Å². The maximum atomic E-state index is 12.6. The van der Waals surface area contributed by atoms with Gasteiger partial charge in [0, 0.05) is 29.7 Å². The van der Waals surface area contributed by atoms with Gasteiger partial charge in [-0.25, -0.2) is 0 Å². The monoisotopic (exact) mass is 294 g/mol. The fourth-order valence-electron chi connectivity index (χ4n) is 2.66. The van der Waals surface area contributed by atoms with Crippen molar-refractivity contribution in [3.05, 3.63) is 34.3 Å². The van der Waals surface area contributed by atoms with Crippen molar-refractivity contribution >= 4 is 17.5 Å². The Balaban J connectivity index is 2.05. The molecule has 0 aromatic heterocycles. The zero-order chi connectivity index (χ0) is 14.5. The molecule has 1 atom stereocenters. The van der Waals surface area contributed by atoms with E-state index in [2.05, 4.69) is 5.32 Å². The van der Waals surface area contributed by atoms with E-state index in [-0.39, 0.29) is 5.91 Å². The minimum absolute atomic E-state index is 0.0969. The summed E-state index contributed by atoms with van der Waals surface area (Å²) in [5, 5.41) is 4.20. The van der Waals surface area contributed by atoms with E-state index in [1.807, 2.05) is 30.9 Å². The van der Waals surface area contributed by atoms with E-state index in [1.54, 1.807) is 6.07 Å². The Hall–Kier alpha value is -1.06. The lowest BCUT2D eigenvalue weighted by atomic mass is 10.0. The lowest BCUT2D eigenvalue weighted by Gasteiger charge is -2.30. The van der Waals surface area contributed by atoms with Gasteiger partial charge in [-0.05, 0) is 57.0 Å². The zero-order valence-electron chi connectivity index (χ0n) is 12.3. The fourth-order valence-corrected chi connectivity index (χ4v) is 2.78. The molecule has 3 nitrogen and oxygen atoms in total. The molecule has 1 aromatic carbocycles. The predicted molar refractivity (Wildman–Crippen MR) is 83.4 cm³/mol. The first-order valence-electron chi connectivity index (χ1n) is 7.40. The molecule has 1 unspecified atom stereocenters. The number of halogens is 1. The summed E-state index contributed by atoms with van der Waals surface area (Å²) in [6.07, 6.45) is 3.65. The first-order chi connectivity index (χ1) is 9.61. The second-order valence-corrected chi connectivity index (χ2v) is 5.86. The number of carbonyl (C=O) groups is 1. The van der Waals surface area contributed by atoms with Gasteiger partial charge in [0.2, 0.25) is 0 Å². The number of rotatable bonds is 4. The molecule has 1 heterocycles. The Kier molecular flexibility index (Phi) is 5.44. The van der Waals surface area contributed by atoms with Gasteiger partial charge in [0.1, 0.15) is 0 Å². The van der Waals surface area contributed by atoms with Gasteiger partial charge in [0.25, 0.3) is 5.91 Å². The van der Waals surface area contributed by atoms with Crippen LogP contribution in [0.1, 0.15) is 42.1 Å². The molecule has 0 radical (unpaired) electrons. The molecule has 20 heavy (non-hydrogen) atoms. The van der Waals surface area contributed by atoms with Crippen LogP contribution in [0.2, 0.25) is 5.02 Å². The highest BCUT2D eigenvalue weighted by molar-refractivity contribution is 6.31. The third-order valence-corrected chi connectivity index (χ3v) is 4.35. The van der Waals surface area contributed by atoms with Crippen molar-refractivity contribution in [2.75, 3.05) is 19.6 Å². The van der Waals surface area contributed by atoms with Gasteiger partial charge in [0.15, 0.2) is 0 Å². The Bertz CT molecular complexity index is 470. The number of hydrogen-bond acceptors (Lipinski definition) is 2. The van der Waals surface area contributed by atoms with Crippen LogP contribution < -0.4 is 5.32 Å². The summed E-state index contributed by atoms with van der Waals surface area (Å²) >= 11 is 6.02. The van der Waals surface area contributed by atoms with Crippen LogP contribution in [0, 0.1) is 6.92 Å². The van der Waals surface area contributed by atoms with Gasteiger partial charge >= 0.3 is 0 Å². The molecule has 1 N–H and O–H groups in total. The van der Waals surface area contributed by atoms with E-state index in [1.165, 1.54) is 12.8 Å². The highest BCUT2D eigenvalue weighted by atomic mass is 35.5. The van der Waals surface area contributed by atoms with Crippen molar-refractivity contribution in [2.24, 2.45) is 0 Å². The summed E-state index contributed by atoms with van der Waals surface area (Å²) in [6.45, 7) is 6.55. The quantitative estimate of drug-likeness (QED) is 0.924. The van der Waals surface area contributed by atoms with E-state index in [0.717, 1.165) is 37.2 Å². The second-order valence-electron chi connectivity index (χ2n) is 5.45. The number of likely N-dealkylation sites (N-methyl/N-ethyl adjacent to an activating group) is 1. The van der Waals surface area contributed by atoms with Crippen LogP contribution in [0.4, 0.5) is 0 Å². The topological polar surface area (TPSA) is 32.3 Å². The van der Waals surface area contributed by atoms with Crippen LogP contribution in [0.3, 0.4) is 0 Å². The highest BCUT2D eigenvalue weighted by Crippen LogP contribution is 2.18. The van der Waals surface area contributed by atoms with E-state index in [9.17, 15) is 4.79 Å². The second kappa shape index (κ2) is 7.09. The molecule has 2 rings (SSSR count). The van der Waals surface area contributed by atoms with Crippen LogP contribution in [-0.4, -0.2) is 36.5 Å². The fraction of sp³-hybridized carbons (Fsp3) is 0.562. The van der Waals surface area contributed by atoms with Crippen molar-refractivity contribution in [3.8, 4) is 0 Å². The molecule has 1 aliphatic rings. The molecule has 0 bridgehead atoms. The molecule has 110 valence electrons. The molecular weight excluding hydrogens is 272 g/mol. The zero-order valence-corrected chi connectivity index (χ0v) is 13.0. The van der Waals surface area contributed by atoms with Crippen molar-refractivity contribution in [3.63, 3.8) is 0 Å². The van der Waals surface area contributed by atoms with Crippen molar-refractivity contribution in [1.29, 1.82) is 0 Å². The Morgan fingerprint density at radius 1 is 1.45 bits per heavy atom. The van der Waals surface area contributed by atoms with Crippen LogP contribution in [0.15, 0.2) is 18.2 Å². The lowest BCUT2D eigenvalue weighted by molar-refractivity contribution is 0.0741. The van der Waals surface area contributed by atoms with Gasteiger partial charge in [-0.15, -0.1) is 0 Å². The molecule has 0 saturated carbocycles. The first kappa shape index (κ1) is 15.3. The molecular formula is C16H23ClN2O. The Labute approximate surface area is 126 Å². The van der Waals surface area contributed by atoms with E-state index in [0.29, 0.717) is 11.1 Å². The summed E-state index contributed by atoms with van der Waals surface area (Å²) in [5.74, 6) is 0.0969. The number of carbonyl (C=O) groups excluding carboxylic acids is 1. The first-order valence-corrected chi connectivity index (χ1v) is 7.78. The molecule has 4 heteroatoms. The van der Waals surface area contributed by atoms with Gasteiger partial charge in [-0.1, -0.05) is 18.0 Å². The SMILES string of the molecule is CCN(CC1CCCCN1)C(=O)c1ccc(Cl)c(C)c1. The van der Waals surface area contributed by atoms with Crippen LogP contribution in [-0.2, 0) is 0 Å². The van der Waals surface area contributed by atoms with E-state index < -0.39 is 0 Å². The number of nitrogens with zero attached hydrogens (tertiary/aromatic N) is 1. The number of piperidine rings is 1. The Morgan fingerprint density at radius 2 is 2.25 bits per heavy atom.